The van der Waals surface area contributed by atoms with Gasteiger partial charge in [-0.1, -0.05) is 13.8 Å². The minimum absolute atomic E-state index is 0.0768. The van der Waals surface area contributed by atoms with Crippen LogP contribution < -0.4 is 5.73 Å². The zero-order valence-electron chi connectivity index (χ0n) is 8.99. The molecule has 1 saturated heterocycles. The number of rotatable bonds is 3. The van der Waals surface area contributed by atoms with Crippen LogP contribution in [0.2, 0.25) is 0 Å². The summed E-state index contributed by atoms with van der Waals surface area (Å²) in [7, 11) is -3.08. The number of nitrogens with two attached hydrogens (primary N) is 1. The lowest BCUT2D eigenvalue weighted by Gasteiger charge is -2.36. The maximum absolute atomic E-state index is 11.6. The molecule has 1 heterocycles. The van der Waals surface area contributed by atoms with Gasteiger partial charge in [0.1, 0.15) is 0 Å². The summed E-state index contributed by atoms with van der Waals surface area (Å²) in [5, 5.41) is 0. The summed E-state index contributed by atoms with van der Waals surface area (Å²) in [6.45, 7) is 5.87. The third-order valence-electron chi connectivity index (χ3n) is 2.85. The van der Waals surface area contributed by atoms with E-state index >= 15 is 0 Å². The fourth-order valence-electron chi connectivity index (χ4n) is 1.65. The second-order valence-corrected chi connectivity index (χ2v) is 6.76. The van der Waals surface area contributed by atoms with Gasteiger partial charge in [0.05, 0.1) is 5.75 Å². The van der Waals surface area contributed by atoms with E-state index in [0.29, 0.717) is 13.1 Å². The number of piperidine rings is 1. The summed E-state index contributed by atoms with van der Waals surface area (Å²) in [4.78, 5) is 0. The van der Waals surface area contributed by atoms with E-state index in [9.17, 15) is 8.42 Å². The van der Waals surface area contributed by atoms with Gasteiger partial charge < -0.3 is 5.73 Å². The average molecular weight is 220 g/mol. The molecule has 0 aliphatic carbocycles. The second kappa shape index (κ2) is 4.16. The molecular weight excluding hydrogens is 200 g/mol. The predicted octanol–water partition coefficient (Wildman–Crippen LogP) is 0.397. The van der Waals surface area contributed by atoms with Gasteiger partial charge in [-0.2, -0.15) is 0 Å². The molecule has 0 aromatic heterocycles. The molecule has 0 radical (unpaired) electrons. The highest BCUT2D eigenvalue weighted by molar-refractivity contribution is 7.89. The molecule has 0 amide bonds. The number of nitrogens with zero attached hydrogens (tertiary/aromatic N) is 1. The van der Waals surface area contributed by atoms with Crippen LogP contribution in [0.25, 0.3) is 0 Å². The molecule has 0 unspecified atom stereocenters. The summed E-state index contributed by atoms with van der Waals surface area (Å²) in [6.07, 6.45) is 1.88. The molecule has 1 aliphatic heterocycles. The summed E-state index contributed by atoms with van der Waals surface area (Å²) in [6, 6.07) is 0. The van der Waals surface area contributed by atoms with Gasteiger partial charge >= 0.3 is 0 Å². The molecule has 0 spiro atoms. The van der Waals surface area contributed by atoms with Crippen molar-refractivity contribution in [3.63, 3.8) is 0 Å². The van der Waals surface area contributed by atoms with E-state index in [2.05, 4.69) is 13.8 Å². The van der Waals surface area contributed by atoms with E-state index in [4.69, 9.17) is 5.73 Å². The van der Waals surface area contributed by atoms with Crippen molar-refractivity contribution in [2.45, 2.75) is 26.7 Å². The van der Waals surface area contributed by atoms with E-state index in [1.807, 2.05) is 0 Å². The van der Waals surface area contributed by atoms with Gasteiger partial charge in [0.15, 0.2) is 0 Å². The number of sulfonamides is 1. The lowest BCUT2D eigenvalue weighted by atomic mass is 9.83. The molecule has 0 aromatic carbocycles. The van der Waals surface area contributed by atoms with Crippen molar-refractivity contribution in [1.29, 1.82) is 0 Å². The quantitative estimate of drug-likeness (QED) is 0.748. The molecule has 1 rings (SSSR count). The Hall–Kier alpha value is -0.130. The zero-order chi connectivity index (χ0) is 10.8. The monoisotopic (exact) mass is 220 g/mol. The van der Waals surface area contributed by atoms with Crippen LogP contribution in [-0.2, 0) is 10.0 Å². The van der Waals surface area contributed by atoms with Crippen molar-refractivity contribution in [2.75, 3.05) is 25.4 Å². The SMILES string of the molecule is CC1(C)CCN(S(=O)(=O)CCN)CC1. The summed E-state index contributed by atoms with van der Waals surface area (Å²) < 4.78 is 24.9. The Balaban J connectivity index is 2.58. The van der Waals surface area contributed by atoms with E-state index < -0.39 is 10.0 Å². The Morgan fingerprint density at radius 1 is 1.29 bits per heavy atom. The molecule has 2 N–H and O–H groups in total. The topological polar surface area (TPSA) is 63.4 Å². The first-order valence-electron chi connectivity index (χ1n) is 5.05. The van der Waals surface area contributed by atoms with Crippen LogP contribution in [-0.4, -0.2) is 38.1 Å². The van der Waals surface area contributed by atoms with Gasteiger partial charge in [0.2, 0.25) is 10.0 Å². The first-order valence-corrected chi connectivity index (χ1v) is 6.66. The predicted molar refractivity (Wildman–Crippen MR) is 57.4 cm³/mol. The van der Waals surface area contributed by atoms with E-state index in [1.165, 1.54) is 0 Å². The number of hydrogen-bond acceptors (Lipinski definition) is 3. The van der Waals surface area contributed by atoms with Crippen LogP contribution in [0.5, 0.6) is 0 Å². The maximum atomic E-state index is 11.6. The molecule has 4 nitrogen and oxygen atoms in total. The van der Waals surface area contributed by atoms with Crippen molar-refractivity contribution in [3.05, 3.63) is 0 Å². The first-order chi connectivity index (χ1) is 6.37. The molecule has 0 saturated carbocycles. The maximum Gasteiger partial charge on any atom is 0.215 e. The van der Waals surface area contributed by atoms with Gasteiger partial charge in [0.25, 0.3) is 0 Å². The fraction of sp³-hybridized carbons (Fsp3) is 1.00. The van der Waals surface area contributed by atoms with Crippen LogP contribution in [0.15, 0.2) is 0 Å². The van der Waals surface area contributed by atoms with Crippen LogP contribution in [0, 0.1) is 5.41 Å². The van der Waals surface area contributed by atoms with Crippen LogP contribution in [0.1, 0.15) is 26.7 Å². The Labute approximate surface area is 86.5 Å². The normalized spacial score (nSPS) is 23.6. The third kappa shape index (κ3) is 2.93. The van der Waals surface area contributed by atoms with Crippen molar-refractivity contribution >= 4 is 10.0 Å². The minimum atomic E-state index is -3.08. The average Bonchev–Trinajstić information content (AvgIpc) is 2.03. The molecule has 0 bridgehead atoms. The Morgan fingerprint density at radius 3 is 2.21 bits per heavy atom. The van der Waals surface area contributed by atoms with E-state index in [-0.39, 0.29) is 17.7 Å². The molecule has 14 heavy (non-hydrogen) atoms. The number of hydrogen-bond donors (Lipinski definition) is 1. The molecular formula is C9H20N2O2S. The molecule has 5 heteroatoms. The molecule has 0 atom stereocenters. The van der Waals surface area contributed by atoms with E-state index in [1.54, 1.807) is 4.31 Å². The van der Waals surface area contributed by atoms with Crippen molar-refractivity contribution in [1.82, 2.24) is 4.31 Å². The summed E-state index contributed by atoms with van der Waals surface area (Å²) >= 11 is 0. The molecule has 1 fully saturated rings. The Kier molecular flexibility index (Phi) is 3.55. The standard InChI is InChI=1S/C9H20N2O2S/c1-9(2)3-6-11(7-4-9)14(12,13)8-5-10/h3-8,10H2,1-2H3. The van der Waals surface area contributed by atoms with Crippen molar-refractivity contribution in [3.8, 4) is 0 Å². The second-order valence-electron chi connectivity index (χ2n) is 4.67. The molecule has 1 aliphatic rings. The van der Waals surface area contributed by atoms with Crippen LogP contribution >= 0.6 is 0 Å². The molecule has 0 aromatic rings. The van der Waals surface area contributed by atoms with Gasteiger partial charge in [0, 0.05) is 19.6 Å². The highest BCUT2D eigenvalue weighted by Crippen LogP contribution is 2.30. The lowest BCUT2D eigenvalue weighted by molar-refractivity contribution is 0.196. The third-order valence-corrected chi connectivity index (χ3v) is 4.75. The van der Waals surface area contributed by atoms with Gasteiger partial charge in [-0.25, -0.2) is 12.7 Å². The Bertz CT molecular complexity index is 275. The minimum Gasteiger partial charge on any atom is -0.329 e. The lowest BCUT2D eigenvalue weighted by Crippen LogP contribution is -2.43. The smallest absolute Gasteiger partial charge is 0.215 e. The first kappa shape index (κ1) is 11.9. The molecule has 84 valence electrons. The fourth-order valence-corrected chi connectivity index (χ4v) is 2.94. The zero-order valence-corrected chi connectivity index (χ0v) is 9.81. The highest BCUT2D eigenvalue weighted by Gasteiger charge is 2.30. The Morgan fingerprint density at radius 2 is 1.79 bits per heavy atom. The van der Waals surface area contributed by atoms with Crippen molar-refractivity contribution in [2.24, 2.45) is 11.1 Å². The van der Waals surface area contributed by atoms with E-state index in [0.717, 1.165) is 12.8 Å². The van der Waals surface area contributed by atoms with Crippen LogP contribution in [0.3, 0.4) is 0 Å². The van der Waals surface area contributed by atoms with Gasteiger partial charge in [-0.15, -0.1) is 0 Å². The highest BCUT2D eigenvalue weighted by atomic mass is 32.2. The van der Waals surface area contributed by atoms with Gasteiger partial charge in [-0.3, -0.25) is 0 Å². The summed E-state index contributed by atoms with van der Waals surface area (Å²) in [5.74, 6) is 0.0768. The van der Waals surface area contributed by atoms with Gasteiger partial charge in [-0.05, 0) is 18.3 Å². The summed E-state index contributed by atoms with van der Waals surface area (Å²) in [5.41, 5.74) is 5.56. The largest absolute Gasteiger partial charge is 0.329 e. The van der Waals surface area contributed by atoms with Crippen molar-refractivity contribution < 1.29 is 8.42 Å². The van der Waals surface area contributed by atoms with Crippen LogP contribution in [0.4, 0.5) is 0 Å².